The van der Waals surface area contributed by atoms with Gasteiger partial charge in [-0.05, 0) is 0 Å². The highest BCUT2D eigenvalue weighted by molar-refractivity contribution is 5.75. The number of aliphatic hydroxyl groups is 4. The fourth-order valence-electron chi connectivity index (χ4n) is 1.95. The first kappa shape index (κ1) is 15.3. The molecule has 0 radical (unpaired) electrons. The van der Waals surface area contributed by atoms with Crippen LogP contribution in [-0.2, 0) is 9.53 Å². The molecule has 4 unspecified atom stereocenters. The molecule has 0 spiro atoms. The second-order valence-electron chi connectivity index (χ2n) is 4.60. The van der Waals surface area contributed by atoms with E-state index in [9.17, 15) is 25.2 Å². The van der Waals surface area contributed by atoms with Gasteiger partial charge in [0.15, 0.2) is 0 Å². The molecule has 1 aliphatic heterocycles. The number of nitrogens with two attached hydrogens (primary N) is 1. The van der Waals surface area contributed by atoms with Crippen LogP contribution in [0, 0.1) is 5.92 Å². The lowest BCUT2D eigenvalue weighted by Gasteiger charge is -2.43. The maximum atomic E-state index is 10.9. The zero-order valence-corrected chi connectivity index (χ0v) is 9.93. The zero-order valence-electron chi connectivity index (χ0n) is 9.93. The molecule has 0 aromatic carbocycles. The minimum atomic E-state index is -2.58. The van der Waals surface area contributed by atoms with Gasteiger partial charge in [0, 0.05) is 18.9 Å². The summed E-state index contributed by atoms with van der Waals surface area (Å²) in [5.41, 5.74) is 5.18. The van der Waals surface area contributed by atoms with Crippen LogP contribution in [0.2, 0.25) is 0 Å². The number of ether oxygens (including phenoxy) is 1. The topological polar surface area (TPSA) is 153 Å². The van der Waals surface area contributed by atoms with E-state index >= 15 is 0 Å². The average molecular weight is 265 g/mol. The summed E-state index contributed by atoms with van der Waals surface area (Å²) in [6.45, 7) is 1.26. The highest BCUT2D eigenvalue weighted by Gasteiger charge is 2.51. The van der Waals surface area contributed by atoms with Crippen LogP contribution in [0.25, 0.3) is 0 Å². The van der Waals surface area contributed by atoms with Gasteiger partial charge in [-0.1, -0.05) is 6.92 Å². The van der Waals surface area contributed by atoms with Gasteiger partial charge < -0.3 is 36.0 Å². The Labute approximate surface area is 104 Å². The quantitative estimate of drug-likeness (QED) is 0.319. The molecule has 18 heavy (non-hydrogen) atoms. The second kappa shape index (κ2) is 5.47. The van der Waals surface area contributed by atoms with E-state index in [2.05, 4.69) is 0 Å². The molecular formula is C10H19NO7. The molecule has 106 valence electrons. The number of carboxylic acid groups (broad SMARTS) is 1. The highest BCUT2D eigenvalue weighted by atomic mass is 16.7. The predicted molar refractivity (Wildman–Crippen MR) is 58.3 cm³/mol. The third-order valence-corrected chi connectivity index (χ3v) is 3.25. The van der Waals surface area contributed by atoms with E-state index in [1.807, 2.05) is 0 Å². The number of rotatable bonds is 4. The SMILES string of the molecule is CC1C(O)CC(O)(C(=O)O)OC1[C@H](O)[C@H](O)CN. The lowest BCUT2D eigenvalue weighted by Crippen LogP contribution is -2.60. The van der Waals surface area contributed by atoms with E-state index in [0.29, 0.717) is 0 Å². The summed E-state index contributed by atoms with van der Waals surface area (Å²) in [5.74, 6) is -4.89. The molecule has 1 rings (SSSR count). The van der Waals surface area contributed by atoms with E-state index in [4.69, 9.17) is 15.6 Å². The number of hydrogen-bond acceptors (Lipinski definition) is 7. The molecule has 0 aromatic rings. The summed E-state index contributed by atoms with van der Waals surface area (Å²) in [7, 11) is 0. The van der Waals surface area contributed by atoms with Crippen molar-refractivity contribution < 1.29 is 35.1 Å². The van der Waals surface area contributed by atoms with Gasteiger partial charge in [-0.3, -0.25) is 0 Å². The highest BCUT2D eigenvalue weighted by Crippen LogP contribution is 2.33. The van der Waals surface area contributed by atoms with Crippen LogP contribution in [0.4, 0.5) is 0 Å². The van der Waals surface area contributed by atoms with Crippen molar-refractivity contribution in [2.45, 2.75) is 43.5 Å². The van der Waals surface area contributed by atoms with Crippen LogP contribution in [-0.4, -0.2) is 68.2 Å². The summed E-state index contributed by atoms with van der Waals surface area (Å²) in [5, 5.41) is 47.5. The Hall–Kier alpha value is -0.770. The van der Waals surface area contributed by atoms with E-state index in [1.165, 1.54) is 6.92 Å². The van der Waals surface area contributed by atoms with Gasteiger partial charge in [-0.25, -0.2) is 4.79 Å². The molecular weight excluding hydrogens is 246 g/mol. The van der Waals surface area contributed by atoms with Crippen LogP contribution < -0.4 is 5.73 Å². The molecule has 0 aromatic heterocycles. The van der Waals surface area contributed by atoms with Crippen molar-refractivity contribution in [3.8, 4) is 0 Å². The smallest absolute Gasteiger partial charge is 0.364 e. The van der Waals surface area contributed by atoms with Crippen molar-refractivity contribution in [1.82, 2.24) is 0 Å². The fourth-order valence-corrected chi connectivity index (χ4v) is 1.95. The Balaban J connectivity index is 2.92. The van der Waals surface area contributed by atoms with Gasteiger partial charge in [0.05, 0.1) is 18.3 Å². The average Bonchev–Trinajstić information content (AvgIpc) is 2.31. The Morgan fingerprint density at radius 1 is 1.56 bits per heavy atom. The first-order chi connectivity index (χ1) is 8.23. The van der Waals surface area contributed by atoms with Crippen LogP contribution in [0.1, 0.15) is 13.3 Å². The van der Waals surface area contributed by atoms with E-state index < -0.39 is 48.5 Å². The lowest BCUT2D eigenvalue weighted by molar-refractivity contribution is -0.301. The zero-order chi connectivity index (χ0) is 14.1. The Morgan fingerprint density at radius 3 is 2.56 bits per heavy atom. The van der Waals surface area contributed by atoms with E-state index in [0.717, 1.165) is 0 Å². The molecule has 0 bridgehead atoms. The molecule has 8 heteroatoms. The summed E-state index contributed by atoms with van der Waals surface area (Å²) >= 11 is 0. The molecule has 0 aliphatic carbocycles. The normalized spacial score (nSPS) is 40.2. The van der Waals surface area contributed by atoms with Crippen LogP contribution in [0.15, 0.2) is 0 Å². The van der Waals surface area contributed by atoms with Crippen LogP contribution >= 0.6 is 0 Å². The molecule has 0 amide bonds. The van der Waals surface area contributed by atoms with Gasteiger partial charge >= 0.3 is 5.97 Å². The number of aliphatic carboxylic acids is 1. The van der Waals surface area contributed by atoms with Gasteiger partial charge in [-0.2, -0.15) is 0 Å². The van der Waals surface area contributed by atoms with Gasteiger partial charge in [0.1, 0.15) is 6.10 Å². The third-order valence-electron chi connectivity index (χ3n) is 3.25. The molecule has 7 N–H and O–H groups in total. The first-order valence-electron chi connectivity index (χ1n) is 5.60. The van der Waals surface area contributed by atoms with Crippen molar-refractivity contribution in [3.63, 3.8) is 0 Å². The number of carboxylic acids is 1. The van der Waals surface area contributed by atoms with Crippen molar-refractivity contribution in [2.75, 3.05) is 6.54 Å². The van der Waals surface area contributed by atoms with Crippen molar-refractivity contribution in [3.05, 3.63) is 0 Å². The molecule has 0 saturated carbocycles. The van der Waals surface area contributed by atoms with Crippen molar-refractivity contribution >= 4 is 5.97 Å². The molecule has 1 heterocycles. The predicted octanol–water partition coefficient (Wildman–Crippen LogP) is -2.77. The Bertz CT molecular complexity index is 313. The monoisotopic (exact) mass is 265 g/mol. The number of aliphatic hydroxyl groups excluding tert-OH is 3. The second-order valence-corrected chi connectivity index (χ2v) is 4.60. The van der Waals surface area contributed by atoms with Crippen molar-refractivity contribution in [2.24, 2.45) is 11.7 Å². The molecule has 1 saturated heterocycles. The number of carbonyl (C=O) groups is 1. The van der Waals surface area contributed by atoms with E-state index in [-0.39, 0.29) is 6.54 Å². The van der Waals surface area contributed by atoms with Gasteiger partial charge in [0.25, 0.3) is 5.79 Å². The Kier molecular flexibility index (Phi) is 4.65. The van der Waals surface area contributed by atoms with E-state index in [1.54, 1.807) is 0 Å². The molecule has 6 atom stereocenters. The summed E-state index contributed by atoms with van der Waals surface area (Å²) in [4.78, 5) is 10.9. The maximum Gasteiger partial charge on any atom is 0.364 e. The standard InChI is InChI=1S/C10H19NO7/c1-4-5(12)2-10(17,9(15)16)18-8(4)7(14)6(13)3-11/h4-8,12-14,17H,2-3,11H2,1H3,(H,15,16)/t4?,5?,6-,7-,8?,10?/m1/s1. The van der Waals surface area contributed by atoms with Gasteiger partial charge in [-0.15, -0.1) is 0 Å². The Morgan fingerprint density at radius 2 is 2.11 bits per heavy atom. The van der Waals surface area contributed by atoms with Crippen LogP contribution in [0.3, 0.4) is 0 Å². The maximum absolute atomic E-state index is 10.9. The summed E-state index contributed by atoms with van der Waals surface area (Å²) < 4.78 is 4.93. The minimum Gasteiger partial charge on any atom is -0.477 e. The van der Waals surface area contributed by atoms with Gasteiger partial charge in [0.2, 0.25) is 0 Å². The fraction of sp³-hybridized carbons (Fsp3) is 0.900. The largest absolute Gasteiger partial charge is 0.477 e. The molecule has 1 aliphatic rings. The molecule has 1 fully saturated rings. The summed E-state index contributed by atoms with van der Waals surface area (Å²) in [6.07, 6.45) is -5.74. The summed E-state index contributed by atoms with van der Waals surface area (Å²) in [6, 6.07) is 0. The number of hydrogen-bond donors (Lipinski definition) is 6. The molecule has 8 nitrogen and oxygen atoms in total. The third kappa shape index (κ3) is 2.79. The lowest BCUT2D eigenvalue weighted by atomic mass is 9.84. The first-order valence-corrected chi connectivity index (χ1v) is 5.60. The van der Waals surface area contributed by atoms with Crippen LogP contribution in [0.5, 0.6) is 0 Å². The minimum absolute atomic E-state index is 0.255. The van der Waals surface area contributed by atoms with Crippen molar-refractivity contribution in [1.29, 1.82) is 0 Å².